The van der Waals surface area contributed by atoms with Crippen molar-refractivity contribution in [3.05, 3.63) is 109 Å². The second-order valence-corrected chi connectivity index (χ2v) is 10.2. The average Bonchev–Trinajstić information content (AvgIpc) is 3.59. The van der Waals surface area contributed by atoms with E-state index >= 15 is 0 Å². The van der Waals surface area contributed by atoms with Gasteiger partial charge in [-0.3, -0.25) is 19.8 Å². The first-order chi connectivity index (χ1) is 17.8. The predicted octanol–water partition coefficient (Wildman–Crippen LogP) is 6.44. The molecule has 4 heteroatoms. The highest BCUT2D eigenvalue weighted by Gasteiger charge is 2.37. The second kappa shape index (κ2) is 10.7. The van der Waals surface area contributed by atoms with Crippen molar-refractivity contribution >= 4 is 0 Å². The van der Waals surface area contributed by atoms with Gasteiger partial charge in [-0.25, -0.2) is 0 Å². The number of aromatic nitrogens is 2. The van der Waals surface area contributed by atoms with Crippen molar-refractivity contribution in [2.75, 3.05) is 13.1 Å². The summed E-state index contributed by atoms with van der Waals surface area (Å²) in [6.45, 7) is 4.21. The lowest BCUT2D eigenvalue weighted by molar-refractivity contribution is 0.122. The van der Waals surface area contributed by atoms with Crippen molar-refractivity contribution in [3.8, 4) is 22.3 Å². The van der Waals surface area contributed by atoms with Crippen LogP contribution >= 0.6 is 0 Å². The molecule has 0 saturated carbocycles. The lowest BCUT2D eigenvalue weighted by atomic mass is 10.0. The molecule has 2 saturated heterocycles. The molecule has 0 unspecified atom stereocenters. The second-order valence-electron chi connectivity index (χ2n) is 10.2. The Balaban J connectivity index is 1.11. The van der Waals surface area contributed by atoms with Crippen molar-refractivity contribution in [1.29, 1.82) is 0 Å². The predicted molar refractivity (Wildman–Crippen MR) is 146 cm³/mol. The Bertz CT molecular complexity index is 1140. The van der Waals surface area contributed by atoms with E-state index in [4.69, 9.17) is 9.97 Å². The summed E-state index contributed by atoms with van der Waals surface area (Å²) in [6, 6.07) is 31.1. The van der Waals surface area contributed by atoms with E-state index in [1.54, 1.807) is 0 Å². The van der Waals surface area contributed by atoms with Gasteiger partial charge >= 0.3 is 0 Å². The van der Waals surface area contributed by atoms with Crippen LogP contribution in [0.3, 0.4) is 0 Å². The third-order valence-electron chi connectivity index (χ3n) is 7.87. The van der Waals surface area contributed by atoms with Gasteiger partial charge in [-0.1, -0.05) is 72.8 Å². The quantitative estimate of drug-likeness (QED) is 0.309. The Morgan fingerprint density at radius 3 is 1.36 bits per heavy atom. The first kappa shape index (κ1) is 23.1. The molecule has 182 valence electrons. The maximum atomic E-state index is 4.83. The molecular weight excluding hydrogens is 440 g/mol. The van der Waals surface area contributed by atoms with E-state index in [0.29, 0.717) is 12.1 Å². The van der Waals surface area contributed by atoms with Crippen LogP contribution in [0.1, 0.15) is 37.1 Å². The average molecular weight is 475 g/mol. The number of rotatable bonds is 7. The molecule has 0 N–H and O–H groups in total. The van der Waals surface area contributed by atoms with Crippen molar-refractivity contribution in [2.24, 2.45) is 0 Å². The zero-order chi connectivity index (χ0) is 24.2. The van der Waals surface area contributed by atoms with Gasteiger partial charge in [0.1, 0.15) is 0 Å². The van der Waals surface area contributed by atoms with Gasteiger partial charge in [0.2, 0.25) is 0 Å². The van der Waals surface area contributed by atoms with Crippen LogP contribution in [0.2, 0.25) is 0 Å². The Labute approximate surface area is 214 Å². The van der Waals surface area contributed by atoms with E-state index in [0.717, 1.165) is 13.1 Å². The number of benzene rings is 2. The van der Waals surface area contributed by atoms with E-state index in [1.165, 1.54) is 72.4 Å². The first-order valence-electron chi connectivity index (χ1n) is 13.3. The van der Waals surface area contributed by atoms with Crippen molar-refractivity contribution in [3.63, 3.8) is 0 Å². The highest BCUT2D eigenvalue weighted by molar-refractivity contribution is 5.62. The lowest BCUT2D eigenvalue weighted by Gasteiger charge is -2.35. The molecule has 0 aliphatic carbocycles. The third kappa shape index (κ3) is 5.11. The SMILES string of the molecule is c1ccc(-c2ccc(CN3CCC[C@H]3[C@@H]3CCCN3Cc3ccc(-c4ccccc4)cn3)nc2)cc1. The highest BCUT2D eigenvalue weighted by Crippen LogP contribution is 2.32. The van der Waals surface area contributed by atoms with Gasteiger partial charge in [0.05, 0.1) is 11.4 Å². The number of pyridine rings is 2. The molecule has 2 aliphatic rings. The molecule has 4 nitrogen and oxygen atoms in total. The van der Waals surface area contributed by atoms with Gasteiger partial charge in [0.25, 0.3) is 0 Å². The molecule has 0 radical (unpaired) electrons. The zero-order valence-electron chi connectivity index (χ0n) is 20.8. The smallest absolute Gasteiger partial charge is 0.0544 e. The summed E-state index contributed by atoms with van der Waals surface area (Å²) < 4.78 is 0. The maximum absolute atomic E-state index is 4.83. The Kier molecular flexibility index (Phi) is 6.88. The van der Waals surface area contributed by atoms with Crippen molar-refractivity contribution in [1.82, 2.24) is 19.8 Å². The molecular formula is C32H34N4. The van der Waals surface area contributed by atoms with Crippen LogP contribution in [0.15, 0.2) is 97.3 Å². The summed E-state index contributed by atoms with van der Waals surface area (Å²) in [4.78, 5) is 15.0. The minimum absolute atomic E-state index is 0.603. The fourth-order valence-corrected chi connectivity index (χ4v) is 6.02. The van der Waals surface area contributed by atoms with E-state index in [-0.39, 0.29) is 0 Å². The van der Waals surface area contributed by atoms with Crippen molar-refractivity contribution in [2.45, 2.75) is 50.9 Å². The topological polar surface area (TPSA) is 32.3 Å². The number of likely N-dealkylation sites (tertiary alicyclic amines) is 2. The summed E-state index contributed by atoms with van der Waals surface area (Å²) in [5, 5.41) is 0. The Morgan fingerprint density at radius 2 is 0.972 bits per heavy atom. The molecule has 36 heavy (non-hydrogen) atoms. The largest absolute Gasteiger partial charge is 0.293 e. The van der Waals surface area contributed by atoms with Crippen LogP contribution in [0.5, 0.6) is 0 Å². The van der Waals surface area contributed by atoms with Crippen LogP contribution in [0, 0.1) is 0 Å². The van der Waals surface area contributed by atoms with Crippen LogP contribution in [0.25, 0.3) is 22.3 Å². The van der Waals surface area contributed by atoms with Crippen LogP contribution in [0.4, 0.5) is 0 Å². The number of hydrogen-bond acceptors (Lipinski definition) is 4. The molecule has 0 amide bonds. The summed E-state index contributed by atoms with van der Waals surface area (Å²) in [6.07, 6.45) is 9.18. The Hall–Kier alpha value is -3.34. The highest BCUT2D eigenvalue weighted by atomic mass is 15.3. The molecule has 0 bridgehead atoms. The van der Waals surface area contributed by atoms with Gasteiger partial charge in [-0.15, -0.1) is 0 Å². The molecule has 2 atom stereocenters. The molecule has 2 aromatic heterocycles. The first-order valence-corrected chi connectivity index (χ1v) is 13.3. The van der Waals surface area contributed by atoms with E-state index in [1.807, 2.05) is 12.4 Å². The summed E-state index contributed by atoms with van der Waals surface area (Å²) in [5.74, 6) is 0. The summed E-state index contributed by atoms with van der Waals surface area (Å²) >= 11 is 0. The minimum Gasteiger partial charge on any atom is -0.293 e. The van der Waals surface area contributed by atoms with Gasteiger partial charge in [0, 0.05) is 48.7 Å². The lowest BCUT2D eigenvalue weighted by Crippen LogP contribution is -2.45. The molecule has 6 rings (SSSR count). The zero-order valence-corrected chi connectivity index (χ0v) is 20.8. The molecule has 2 aliphatic heterocycles. The fourth-order valence-electron chi connectivity index (χ4n) is 6.02. The van der Waals surface area contributed by atoms with Crippen LogP contribution < -0.4 is 0 Å². The fraction of sp³-hybridized carbons (Fsp3) is 0.312. The third-order valence-corrected chi connectivity index (χ3v) is 7.87. The number of nitrogens with zero attached hydrogens (tertiary/aromatic N) is 4. The van der Waals surface area contributed by atoms with Crippen molar-refractivity contribution < 1.29 is 0 Å². The standard InChI is InChI=1S/C32H34N4/c1-3-9-25(10-4-1)27-15-17-29(33-21-27)23-35-19-7-13-31(35)32-14-8-20-36(32)24-30-18-16-28(22-34-30)26-11-5-2-6-12-26/h1-6,9-12,15-18,21-22,31-32H,7-8,13-14,19-20,23-24H2/t31-,32-/m0/s1. The summed E-state index contributed by atoms with van der Waals surface area (Å²) in [7, 11) is 0. The van der Waals surface area contributed by atoms with Gasteiger partial charge in [0.15, 0.2) is 0 Å². The van der Waals surface area contributed by atoms with Crippen LogP contribution in [-0.4, -0.2) is 44.9 Å². The number of hydrogen-bond donors (Lipinski definition) is 0. The van der Waals surface area contributed by atoms with Gasteiger partial charge in [-0.05, 0) is 62.0 Å². The molecule has 2 aromatic carbocycles. The van der Waals surface area contributed by atoms with Gasteiger partial charge in [-0.2, -0.15) is 0 Å². The molecule has 2 fully saturated rings. The normalized spacial score (nSPS) is 20.7. The molecule has 4 heterocycles. The molecule has 0 spiro atoms. The summed E-state index contributed by atoms with van der Waals surface area (Å²) in [5.41, 5.74) is 7.16. The van der Waals surface area contributed by atoms with E-state index in [9.17, 15) is 0 Å². The van der Waals surface area contributed by atoms with E-state index < -0.39 is 0 Å². The monoisotopic (exact) mass is 474 g/mol. The van der Waals surface area contributed by atoms with E-state index in [2.05, 4.69) is 94.7 Å². The van der Waals surface area contributed by atoms with Crippen LogP contribution in [-0.2, 0) is 13.1 Å². The minimum atomic E-state index is 0.603. The maximum Gasteiger partial charge on any atom is 0.0544 e. The van der Waals surface area contributed by atoms with Gasteiger partial charge < -0.3 is 0 Å². The Morgan fingerprint density at radius 1 is 0.528 bits per heavy atom. The molecule has 4 aromatic rings.